The summed E-state index contributed by atoms with van der Waals surface area (Å²) in [4.78, 5) is 23.2. The number of hydrogen-bond acceptors (Lipinski definition) is 6. The highest BCUT2D eigenvalue weighted by Crippen LogP contribution is 2.25. The zero-order valence-corrected chi connectivity index (χ0v) is 15.9. The van der Waals surface area contributed by atoms with E-state index in [-0.39, 0.29) is 18.9 Å². The summed E-state index contributed by atoms with van der Waals surface area (Å²) < 4.78 is 6.72. The molecule has 140 valence electrons. The third kappa shape index (κ3) is 6.16. The van der Waals surface area contributed by atoms with Crippen molar-refractivity contribution in [3.05, 3.63) is 41.9 Å². The molecule has 2 aromatic rings. The number of carbonyl (C=O) groups excluding carboxylic acids is 2. The predicted octanol–water partition coefficient (Wildman–Crippen LogP) is 2.17. The van der Waals surface area contributed by atoms with Crippen molar-refractivity contribution in [3.8, 4) is 23.7 Å². The SMILES string of the molecule is C#CCNC(=O)COC(=O)CSc1nnc(-c2ccc(Cl)cc2)n1CC=C. The molecule has 1 aromatic heterocycles. The van der Waals surface area contributed by atoms with Crippen LogP contribution in [-0.2, 0) is 20.9 Å². The fourth-order valence-electron chi connectivity index (χ4n) is 2.01. The third-order valence-electron chi connectivity index (χ3n) is 3.20. The summed E-state index contributed by atoms with van der Waals surface area (Å²) in [6, 6.07) is 7.20. The number of amides is 1. The van der Waals surface area contributed by atoms with E-state index in [1.165, 1.54) is 0 Å². The average molecular weight is 405 g/mol. The molecule has 1 heterocycles. The van der Waals surface area contributed by atoms with Crippen LogP contribution in [0.15, 0.2) is 42.1 Å². The largest absolute Gasteiger partial charge is 0.455 e. The van der Waals surface area contributed by atoms with Crippen molar-refractivity contribution < 1.29 is 14.3 Å². The van der Waals surface area contributed by atoms with E-state index >= 15 is 0 Å². The molecule has 0 saturated heterocycles. The second kappa shape index (κ2) is 10.4. The van der Waals surface area contributed by atoms with Crippen molar-refractivity contribution in [3.63, 3.8) is 0 Å². The second-order valence-electron chi connectivity index (χ2n) is 5.14. The Hall–Kier alpha value is -2.76. The van der Waals surface area contributed by atoms with Crippen molar-refractivity contribution >= 4 is 35.2 Å². The Morgan fingerprint density at radius 3 is 2.78 bits per heavy atom. The van der Waals surface area contributed by atoms with Gasteiger partial charge in [0.05, 0.1) is 12.3 Å². The normalized spacial score (nSPS) is 10.1. The Kier molecular flexibility index (Phi) is 7.92. The highest BCUT2D eigenvalue weighted by atomic mass is 35.5. The standard InChI is InChI=1S/C18H17ClN4O3S/c1-3-9-20-15(24)11-26-16(25)12-27-18-22-21-17(23(18)10-4-2)13-5-7-14(19)8-6-13/h1,4-8H,2,9-12H2,(H,20,24). The fraction of sp³-hybridized carbons (Fsp3) is 0.222. The highest BCUT2D eigenvalue weighted by Gasteiger charge is 2.16. The lowest BCUT2D eigenvalue weighted by molar-refractivity contribution is -0.145. The van der Waals surface area contributed by atoms with Crippen LogP contribution in [0.25, 0.3) is 11.4 Å². The molecule has 1 amide bonds. The van der Waals surface area contributed by atoms with Crippen molar-refractivity contribution in [1.82, 2.24) is 20.1 Å². The van der Waals surface area contributed by atoms with Crippen LogP contribution in [-0.4, -0.2) is 45.5 Å². The van der Waals surface area contributed by atoms with Crippen LogP contribution in [0.2, 0.25) is 5.02 Å². The van der Waals surface area contributed by atoms with E-state index in [2.05, 4.69) is 28.0 Å². The third-order valence-corrected chi connectivity index (χ3v) is 4.39. The van der Waals surface area contributed by atoms with E-state index in [1.54, 1.807) is 18.2 Å². The minimum Gasteiger partial charge on any atom is -0.455 e. The molecule has 0 spiro atoms. The number of ether oxygens (including phenoxy) is 1. The molecule has 1 N–H and O–H groups in total. The summed E-state index contributed by atoms with van der Waals surface area (Å²) in [6.07, 6.45) is 6.74. The zero-order valence-electron chi connectivity index (χ0n) is 14.4. The highest BCUT2D eigenvalue weighted by molar-refractivity contribution is 7.99. The van der Waals surface area contributed by atoms with Gasteiger partial charge in [-0.1, -0.05) is 35.4 Å². The molecule has 0 atom stereocenters. The number of rotatable bonds is 9. The Morgan fingerprint density at radius 2 is 2.11 bits per heavy atom. The predicted molar refractivity (Wildman–Crippen MR) is 104 cm³/mol. The van der Waals surface area contributed by atoms with Crippen LogP contribution in [0.1, 0.15) is 0 Å². The lowest BCUT2D eigenvalue weighted by atomic mass is 10.2. The molecule has 2 rings (SSSR count). The average Bonchev–Trinajstić information content (AvgIpc) is 3.06. The summed E-state index contributed by atoms with van der Waals surface area (Å²) in [5, 5.41) is 11.9. The Labute approximate surface area is 166 Å². The van der Waals surface area contributed by atoms with Gasteiger partial charge in [0.2, 0.25) is 0 Å². The van der Waals surface area contributed by atoms with Crippen LogP contribution >= 0.6 is 23.4 Å². The van der Waals surface area contributed by atoms with Crippen LogP contribution in [0.4, 0.5) is 0 Å². The first kappa shape index (κ1) is 20.6. The molecule has 0 saturated carbocycles. The number of hydrogen-bond donors (Lipinski definition) is 1. The van der Waals surface area contributed by atoms with Gasteiger partial charge in [0.1, 0.15) is 0 Å². The second-order valence-corrected chi connectivity index (χ2v) is 6.52. The molecule has 0 radical (unpaired) electrons. The summed E-state index contributed by atoms with van der Waals surface area (Å²) in [5.74, 6) is 1.88. The number of aromatic nitrogens is 3. The van der Waals surface area contributed by atoms with Crippen molar-refractivity contribution in [2.45, 2.75) is 11.7 Å². The first-order valence-corrected chi connectivity index (χ1v) is 9.20. The summed E-state index contributed by atoms with van der Waals surface area (Å²) in [7, 11) is 0. The molecule has 0 aliphatic carbocycles. The van der Waals surface area contributed by atoms with Crippen molar-refractivity contribution in [1.29, 1.82) is 0 Å². The first-order chi connectivity index (χ1) is 13.0. The van der Waals surface area contributed by atoms with E-state index in [1.807, 2.05) is 16.7 Å². The number of thioether (sulfide) groups is 1. The number of allylic oxidation sites excluding steroid dienone is 1. The molecule has 9 heteroatoms. The molecule has 0 unspecified atom stereocenters. The monoisotopic (exact) mass is 404 g/mol. The number of esters is 1. The van der Waals surface area contributed by atoms with Gasteiger partial charge in [0.25, 0.3) is 5.91 Å². The van der Waals surface area contributed by atoms with Gasteiger partial charge in [-0.2, -0.15) is 0 Å². The number of nitrogens with one attached hydrogen (secondary N) is 1. The van der Waals surface area contributed by atoms with Gasteiger partial charge in [-0.15, -0.1) is 23.2 Å². The van der Waals surface area contributed by atoms with E-state index in [0.717, 1.165) is 17.3 Å². The Bertz CT molecular complexity index is 858. The molecule has 0 aliphatic rings. The van der Waals surface area contributed by atoms with Crippen molar-refractivity contribution in [2.24, 2.45) is 0 Å². The van der Waals surface area contributed by atoms with Crippen LogP contribution in [0.5, 0.6) is 0 Å². The molecule has 27 heavy (non-hydrogen) atoms. The first-order valence-electron chi connectivity index (χ1n) is 7.83. The molecule has 0 bridgehead atoms. The molecule has 1 aromatic carbocycles. The Morgan fingerprint density at radius 1 is 1.37 bits per heavy atom. The van der Waals surface area contributed by atoms with Gasteiger partial charge in [0, 0.05) is 17.1 Å². The molecular formula is C18H17ClN4O3S. The van der Waals surface area contributed by atoms with E-state index < -0.39 is 11.9 Å². The molecule has 0 fully saturated rings. The number of carbonyl (C=O) groups is 2. The summed E-state index contributed by atoms with van der Waals surface area (Å²) in [5.41, 5.74) is 0.841. The maximum Gasteiger partial charge on any atom is 0.316 e. The van der Waals surface area contributed by atoms with E-state index in [9.17, 15) is 9.59 Å². The van der Waals surface area contributed by atoms with Crippen LogP contribution in [0, 0.1) is 12.3 Å². The minimum absolute atomic E-state index is 0.0156. The van der Waals surface area contributed by atoms with E-state index in [4.69, 9.17) is 22.8 Å². The fourth-order valence-corrected chi connectivity index (χ4v) is 2.89. The number of terminal acetylenes is 1. The summed E-state index contributed by atoms with van der Waals surface area (Å²) >= 11 is 7.08. The van der Waals surface area contributed by atoms with Gasteiger partial charge < -0.3 is 10.1 Å². The topological polar surface area (TPSA) is 86.1 Å². The van der Waals surface area contributed by atoms with Gasteiger partial charge in [-0.05, 0) is 24.3 Å². The number of halogens is 1. The van der Waals surface area contributed by atoms with Gasteiger partial charge in [-0.25, -0.2) is 0 Å². The van der Waals surface area contributed by atoms with Gasteiger partial charge in [0.15, 0.2) is 17.6 Å². The molecular weight excluding hydrogens is 388 g/mol. The zero-order chi connectivity index (χ0) is 19.6. The molecule has 0 aliphatic heterocycles. The van der Waals surface area contributed by atoms with E-state index in [0.29, 0.717) is 22.5 Å². The Balaban J connectivity index is 1.99. The maximum atomic E-state index is 11.8. The van der Waals surface area contributed by atoms with Crippen molar-refractivity contribution in [2.75, 3.05) is 18.9 Å². The minimum atomic E-state index is -0.544. The van der Waals surface area contributed by atoms with Gasteiger partial charge in [-0.3, -0.25) is 14.2 Å². The van der Waals surface area contributed by atoms with Gasteiger partial charge >= 0.3 is 5.97 Å². The lowest BCUT2D eigenvalue weighted by Gasteiger charge is -2.08. The smallest absolute Gasteiger partial charge is 0.316 e. The molecule has 7 nitrogen and oxygen atoms in total. The van der Waals surface area contributed by atoms with Crippen LogP contribution in [0.3, 0.4) is 0 Å². The summed E-state index contributed by atoms with van der Waals surface area (Å²) in [6.45, 7) is 3.91. The number of nitrogens with zero attached hydrogens (tertiary/aromatic N) is 3. The quantitative estimate of drug-likeness (QED) is 0.298. The lowest BCUT2D eigenvalue weighted by Crippen LogP contribution is -2.29. The maximum absolute atomic E-state index is 11.8. The number of benzene rings is 1. The van der Waals surface area contributed by atoms with Crippen LogP contribution < -0.4 is 5.32 Å².